The summed E-state index contributed by atoms with van der Waals surface area (Å²) in [6, 6.07) is 0. The molecule has 0 aromatic rings. The number of likely N-dealkylation sites (tertiary alicyclic amines) is 1. The van der Waals surface area contributed by atoms with Gasteiger partial charge in [0.2, 0.25) is 0 Å². The molecule has 1 aliphatic heterocycles. The predicted octanol–water partition coefficient (Wildman–Crippen LogP) is 1.74. The van der Waals surface area contributed by atoms with E-state index >= 15 is 0 Å². The van der Waals surface area contributed by atoms with Gasteiger partial charge >= 0.3 is 0 Å². The van der Waals surface area contributed by atoms with E-state index in [0.29, 0.717) is 6.61 Å². The molecule has 1 rings (SSSR count). The summed E-state index contributed by atoms with van der Waals surface area (Å²) in [6.07, 6.45) is 3.61. The van der Waals surface area contributed by atoms with Crippen molar-refractivity contribution in [3.63, 3.8) is 0 Å². The van der Waals surface area contributed by atoms with Crippen LogP contribution in [0.25, 0.3) is 0 Å². The van der Waals surface area contributed by atoms with Gasteiger partial charge in [-0.2, -0.15) is 0 Å². The van der Waals surface area contributed by atoms with Crippen molar-refractivity contribution in [2.75, 3.05) is 26.7 Å². The lowest BCUT2D eigenvalue weighted by atomic mass is 9.96. The molecule has 1 fully saturated rings. The SMILES string of the molecule is CC.CN1CCCC(CCO)C1. The zero-order chi connectivity index (χ0) is 9.40. The lowest BCUT2D eigenvalue weighted by molar-refractivity contribution is 0.171. The Morgan fingerprint density at radius 1 is 1.42 bits per heavy atom. The van der Waals surface area contributed by atoms with E-state index in [1.807, 2.05) is 13.8 Å². The van der Waals surface area contributed by atoms with Crippen LogP contribution >= 0.6 is 0 Å². The van der Waals surface area contributed by atoms with Crippen molar-refractivity contribution in [1.29, 1.82) is 0 Å². The van der Waals surface area contributed by atoms with E-state index in [1.165, 1.54) is 25.9 Å². The highest BCUT2D eigenvalue weighted by Crippen LogP contribution is 2.17. The average molecular weight is 173 g/mol. The molecule has 0 aromatic carbocycles. The molecule has 12 heavy (non-hydrogen) atoms. The Kier molecular flexibility index (Phi) is 7.51. The van der Waals surface area contributed by atoms with Crippen LogP contribution in [-0.4, -0.2) is 36.8 Å². The lowest BCUT2D eigenvalue weighted by Crippen LogP contribution is -2.32. The molecular formula is C10H23NO. The van der Waals surface area contributed by atoms with Gasteiger partial charge in [0.25, 0.3) is 0 Å². The monoisotopic (exact) mass is 173 g/mol. The van der Waals surface area contributed by atoms with E-state index in [2.05, 4.69) is 11.9 Å². The maximum Gasteiger partial charge on any atom is 0.0434 e. The summed E-state index contributed by atoms with van der Waals surface area (Å²) in [4.78, 5) is 2.35. The third kappa shape index (κ3) is 4.73. The van der Waals surface area contributed by atoms with Crippen LogP contribution < -0.4 is 0 Å². The maximum atomic E-state index is 8.69. The van der Waals surface area contributed by atoms with Crippen molar-refractivity contribution < 1.29 is 5.11 Å². The fourth-order valence-corrected chi connectivity index (χ4v) is 1.69. The molecule has 2 nitrogen and oxygen atoms in total. The van der Waals surface area contributed by atoms with Crippen LogP contribution in [0.5, 0.6) is 0 Å². The van der Waals surface area contributed by atoms with Crippen LogP contribution in [-0.2, 0) is 0 Å². The molecule has 74 valence electrons. The van der Waals surface area contributed by atoms with Crippen molar-refractivity contribution in [2.24, 2.45) is 5.92 Å². The van der Waals surface area contributed by atoms with Gasteiger partial charge in [0.05, 0.1) is 0 Å². The molecule has 1 heterocycles. The first-order valence-corrected chi connectivity index (χ1v) is 5.12. The molecule has 1 unspecified atom stereocenters. The Bertz CT molecular complexity index is 93.8. The second-order valence-electron chi connectivity index (χ2n) is 3.28. The molecule has 0 aliphatic carbocycles. The highest BCUT2D eigenvalue weighted by atomic mass is 16.3. The number of aliphatic hydroxyl groups is 1. The minimum absolute atomic E-state index is 0.360. The Hall–Kier alpha value is -0.0800. The first kappa shape index (κ1) is 11.9. The second-order valence-corrected chi connectivity index (χ2v) is 3.28. The molecule has 2 heteroatoms. The Morgan fingerprint density at radius 2 is 2.08 bits per heavy atom. The highest BCUT2D eigenvalue weighted by Gasteiger charge is 2.15. The maximum absolute atomic E-state index is 8.69. The zero-order valence-electron chi connectivity index (χ0n) is 8.71. The second kappa shape index (κ2) is 7.56. The smallest absolute Gasteiger partial charge is 0.0434 e. The van der Waals surface area contributed by atoms with Crippen LogP contribution in [0.2, 0.25) is 0 Å². The fraction of sp³-hybridized carbons (Fsp3) is 1.00. The minimum atomic E-state index is 0.360. The van der Waals surface area contributed by atoms with Gasteiger partial charge in [-0.25, -0.2) is 0 Å². The van der Waals surface area contributed by atoms with Gasteiger partial charge in [-0.05, 0) is 38.8 Å². The Labute approximate surface area is 76.6 Å². The average Bonchev–Trinajstić information content (AvgIpc) is 2.09. The molecule has 0 amide bonds. The quantitative estimate of drug-likeness (QED) is 0.687. The Balaban J connectivity index is 0.000000561. The van der Waals surface area contributed by atoms with Crippen molar-refractivity contribution >= 4 is 0 Å². The number of nitrogens with zero attached hydrogens (tertiary/aromatic N) is 1. The first-order chi connectivity index (χ1) is 5.83. The van der Waals surface area contributed by atoms with Crippen LogP contribution in [0.1, 0.15) is 33.1 Å². The molecule has 0 spiro atoms. The van der Waals surface area contributed by atoms with Gasteiger partial charge in [-0.1, -0.05) is 13.8 Å². The summed E-state index contributed by atoms with van der Waals surface area (Å²) < 4.78 is 0. The number of piperidine rings is 1. The molecule has 1 saturated heterocycles. The molecule has 1 N–H and O–H groups in total. The van der Waals surface area contributed by atoms with Crippen molar-refractivity contribution in [1.82, 2.24) is 4.90 Å². The third-order valence-corrected chi connectivity index (χ3v) is 2.26. The summed E-state index contributed by atoms with van der Waals surface area (Å²) >= 11 is 0. The van der Waals surface area contributed by atoms with E-state index in [0.717, 1.165) is 12.3 Å². The summed E-state index contributed by atoms with van der Waals surface area (Å²) in [7, 11) is 2.16. The van der Waals surface area contributed by atoms with Gasteiger partial charge < -0.3 is 10.0 Å². The van der Waals surface area contributed by atoms with Gasteiger partial charge in [0.15, 0.2) is 0 Å². The van der Waals surface area contributed by atoms with Crippen LogP contribution in [0.3, 0.4) is 0 Å². The molecule has 0 aromatic heterocycles. The van der Waals surface area contributed by atoms with E-state index in [4.69, 9.17) is 5.11 Å². The Morgan fingerprint density at radius 3 is 2.58 bits per heavy atom. The largest absolute Gasteiger partial charge is 0.396 e. The molecule has 0 radical (unpaired) electrons. The van der Waals surface area contributed by atoms with E-state index in [-0.39, 0.29) is 0 Å². The topological polar surface area (TPSA) is 23.5 Å². The van der Waals surface area contributed by atoms with E-state index in [9.17, 15) is 0 Å². The van der Waals surface area contributed by atoms with Crippen molar-refractivity contribution in [2.45, 2.75) is 33.1 Å². The third-order valence-electron chi connectivity index (χ3n) is 2.26. The number of hydrogen-bond donors (Lipinski definition) is 1. The first-order valence-electron chi connectivity index (χ1n) is 5.12. The highest BCUT2D eigenvalue weighted by molar-refractivity contribution is 4.69. The van der Waals surface area contributed by atoms with Crippen LogP contribution in [0, 0.1) is 5.92 Å². The minimum Gasteiger partial charge on any atom is -0.396 e. The summed E-state index contributed by atoms with van der Waals surface area (Å²) in [5, 5.41) is 8.69. The van der Waals surface area contributed by atoms with E-state index < -0.39 is 0 Å². The van der Waals surface area contributed by atoms with Gasteiger partial charge in [-0.3, -0.25) is 0 Å². The van der Waals surface area contributed by atoms with Gasteiger partial charge in [0.1, 0.15) is 0 Å². The zero-order valence-corrected chi connectivity index (χ0v) is 8.71. The predicted molar refractivity (Wildman–Crippen MR) is 53.3 cm³/mol. The molecular weight excluding hydrogens is 150 g/mol. The number of rotatable bonds is 2. The summed E-state index contributed by atoms with van der Waals surface area (Å²) in [5.41, 5.74) is 0. The van der Waals surface area contributed by atoms with Crippen molar-refractivity contribution in [3.05, 3.63) is 0 Å². The van der Waals surface area contributed by atoms with Gasteiger partial charge in [-0.15, -0.1) is 0 Å². The normalized spacial score (nSPS) is 24.5. The van der Waals surface area contributed by atoms with Crippen LogP contribution in [0.4, 0.5) is 0 Å². The molecule has 0 saturated carbocycles. The van der Waals surface area contributed by atoms with Gasteiger partial charge in [0, 0.05) is 13.2 Å². The number of hydrogen-bond acceptors (Lipinski definition) is 2. The summed E-state index contributed by atoms with van der Waals surface area (Å²) in [6.45, 7) is 6.78. The lowest BCUT2D eigenvalue weighted by Gasteiger charge is -2.29. The molecule has 0 bridgehead atoms. The number of aliphatic hydroxyl groups excluding tert-OH is 1. The molecule has 1 atom stereocenters. The van der Waals surface area contributed by atoms with Crippen LogP contribution in [0.15, 0.2) is 0 Å². The van der Waals surface area contributed by atoms with Crippen molar-refractivity contribution in [3.8, 4) is 0 Å². The molecule has 1 aliphatic rings. The summed E-state index contributed by atoms with van der Waals surface area (Å²) in [5.74, 6) is 0.753. The standard InChI is InChI=1S/C8H17NO.C2H6/c1-9-5-2-3-8(7-9)4-6-10;1-2/h8,10H,2-7H2,1H3;1-2H3. The fourth-order valence-electron chi connectivity index (χ4n) is 1.69. The van der Waals surface area contributed by atoms with E-state index in [1.54, 1.807) is 0 Å².